The fourth-order valence-electron chi connectivity index (χ4n) is 2.31. The molecule has 0 saturated heterocycles. The van der Waals surface area contributed by atoms with Gasteiger partial charge in [-0.25, -0.2) is 22.9 Å². The van der Waals surface area contributed by atoms with E-state index in [1.807, 2.05) is 0 Å². The number of hydrogen-bond donors (Lipinski definition) is 1. The van der Waals surface area contributed by atoms with Gasteiger partial charge >= 0.3 is 6.09 Å². The van der Waals surface area contributed by atoms with Crippen LogP contribution < -0.4 is 5.32 Å². The Morgan fingerprint density at radius 3 is 2.63 bits per heavy atom. The van der Waals surface area contributed by atoms with Gasteiger partial charge in [0.15, 0.2) is 5.03 Å². The van der Waals surface area contributed by atoms with Crippen LogP contribution in [-0.2, 0) is 21.2 Å². The smallest absolute Gasteiger partial charge is 0.407 e. The molecule has 1 N–H and O–H groups in total. The summed E-state index contributed by atoms with van der Waals surface area (Å²) in [5.74, 6) is -0.885. The Morgan fingerprint density at radius 2 is 1.96 bits per heavy atom. The number of hydrogen-bond acceptors (Lipinski definition) is 6. The van der Waals surface area contributed by atoms with Gasteiger partial charge in [0.1, 0.15) is 18.0 Å². The number of ether oxygens (including phenoxy) is 1. The third-order valence-corrected chi connectivity index (χ3v) is 5.31. The zero-order valence-corrected chi connectivity index (χ0v) is 15.0. The van der Waals surface area contributed by atoms with Crippen molar-refractivity contribution >= 4 is 15.9 Å². The van der Waals surface area contributed by atoms with Crippen LogP contribution in [0.4, 0.5) is 9.18 Å². The number of benzene rings is 1. The molecule has 3 rings (SSSR count). The van der Waals surface area contributed by atoms with Gasteiger partial charge in [0, 0.05) is 19.3 Å². The number of rotatable bonds is 5. The number of halogens is 1. The van der Waals surface area contributed by atoms with Gasteiger partial charge in [0.25, 0.3) is 0 Å². The molecule has 140 valence electrons. The first-order valence-corrected chi connectivity index (χ1v) is 9.26. The van der Waals surface area contributed by atoms with Crippen LogP contribution >= 0.6 is 0 Å². The van der Waals surface area contributed by atoms with E-state index < -0.39 is 21.9 Å². The lowest BCUT2D eigenvalue weighted by Gasteiger charge is -2.08. The summed E-state index contributed by atoms with van der Waals surface area (Å²) in [6, 6.07) is 11.7. The molecule has 0 aliphatic rings. The molecule has 1 amide bonds. The molecule has 0 atom stereocenters. The Labute approximate surface area is 154 Å². The zero-order chi connectivity index (χ0) is 19.4. The summed E-state index contributed by atoms with van der Waals surface area (Å²) >= 11 is 0. The SMILES string of the molecule is CNC(=O)OCc1cc(S(=O)(=O)c2ccccc2)n(-c2cccnc2F)n1. The molecule has 27 heavy (non-hydrogen) atoms. The normalized spacial score (nSPS) is 11.2. The number of nitrogens with zero attached hydrogens (tertiary/aromatic N) is 3. The summed E-state index contributed by atoms with van der Waals surface area (Å²) in [6.45, 7) is -0.286. The van der Waals surface area contributed by atoms with Crippen molar-refractivity contribution in [1.29, 1.82) is 0 Å². The molecular formula is C17H15FN4O4S. The number of amides is 1. The van der Waals surface area contributed by atoms with Crippen molar-refractivity contribution < 1.29 is 22.3 Å². The first-order valence-electron chi connectivity index (χ1n) is 7.78. The van der Waals surface area contributed by atoms with E-state index in [0.29, 0.717) is 0 Å². The van der Waals surface area contributed by atoms with Crippen molar-refractivity contribution in [2.75, 3.05) is 7.05 Å². The predicted octanol–water partition coefficient (Wildman–Crippen LogP) is 2.10. The molecule has 0 bridgehead atoms. The van der Waals surface area contributed by atoms with Gasteiger partial charge in [-0.05, 0) is 24.3 Å². The summed E-state index contributed by atoms with van der Waals surface area (Å²) < 4.78 is 46.0. The van der Waals surface area contributed by atoms with Crippen LogP contribution in [0, 0.1) is 5.95 Å². The highest BCUT2D eigenvalue weighted by Crippen LogP contribution is 2.25. The first-order chi connectivity index (χ1) is 12.9. The number of pyridine rings is 1. The minimum absolute atomic E-state index is 0.0224. The van der Waals surface area contributed by atoms with Crippen LogP contribution in [0.25, 0.3) is 5.69 Å². The van der Waals surface area contributed by atoms with E-state index in [1.165, 1.54) is 43.6 Å². The minimum Gasteiger partial charge on any atom is -0.443 e. The van der Waals surface area contributed by atoms with E-state index >= 15 is 0 Å². The number of nitrogens with one attached hydrogen (secondary N) is 1. The highest BCUT2D eigenvalue weighted by molar-refractivity contribution is 7.91. The van der Waals surface area contributed by atoms with E-state index in [9.17, 15) is 17.6 Å². The van der Waals surface area contributed by atoms with E-state index in [2.05, 4.69) is 15.4 Å². The van der Waals surface area contributed by atoms with Crippen LogP contribution in [0.1, 0.15) is 5.69 Å². The Hall–Kier alpha value is -3.27. The third-order valence-electron chi connectivity index (χ3n) is 3.58. The quantitative estimate of drug-likeness (QED) is 0.669. The Bertz CT molecular complexity index is 1070. The second-order valence-corrected chi connectivity index (χ2v) is 7.24. The molecule has 1 aromatic carbocycles. The second-order valence-electron chi connectivity index (χ2n) is 5.34. The molecule has 0 aliphatic carbocycles. The van der Waals surface area contributed by atoms with Crippen LogP contribution in [0.15, 0.2) is 64.6 Å². The van der Waals surface area contributed by atoms with Crippen LogP contribution in [0.3, 0.4) is 0 Å². The average molecular weight is 390 g/mol. The molecule has 0 aliphatic heterocycles. The molecule has 0 spiro atoms. The standard InChI is InChI=1S/C17H15FN4O4S/c1-19-17(23)26-11-12-10-15(27(24,25)13-6-3-2-4-7-13)22(21-12)14-8-5-9-20-16(14)18/h2-10H,11H2,1H3,(H,19,23). The lowest BCUT2D eigenvalue weighted by atomic mass is 10.4. The summed E-state index contributed by atoms with van der Waals surface area (Å²) in [7, 11) is -2.62. The van der Waals surface area contributed by atoms with Crippen molar-refractivity contribution in [2.45, 2.75) is 16.5 Å². The maximum atomic E-state index is 14.2. The van der Waals surface area contributed by atoms with Gasteiger partial charge in [0.05, 0.1) is 4.90 Å². The Balaban J connectivity index is 2.12. The van der Waals surface area contributed by atoms with Gasteiger partial charge in [0.2, 0.25) is 15.8 Å². The molecule has 0 unspecified atom stereocenters. The van der Waals surface area contributed by atoms with Crippen LogP contribution in [0.2, 0.25) is 0 Å². The fraction of sp³-hybridized carbons (Fsp3) is 0.118. The van der Waals surface area contributed by atoms with E-state index in [0.717, 1.165) is 4.68 Å². The third kappa shape index (κ3) is 3.80. The molecular weight excluding hydrogens is 375 g/mol. The maximum Gasteiger partial charge on any atom is 0.407 e. The van der Waals surface area contributed by atoms with Gasteiger partial charge in [-0.15, -0.1) is 0 Å². The second kappa shape index (κ2) is 7.54. The van der Waals surface area contributed by atoms with E-state index in [-0.39, 0.29) is 27.9 Å². The van der Waals surface area contributed by atoms with Crippen LogP contribution in [-0.4, -0.2) is 36.3 Å². The number of sulfone groups is 1. The molecule has 3 aromatic rings. The van der Waals surface area contributed by atoms with E-state index in [4.69, 9.17) is 4.74 Å². The van der Waals surface area contributed by atoms with Crippen molar-refractivity contribution in [3.05, 3.63) is 66.4 Å². The van der Waals surface area contributed by atoms with Gasteiger partial charge in [-0.1, -0.05) is 18.2 Å². The molecule has 8 nitrogen and oxygen atoms in total. The summed E-state index contributed by atoms with van der Waals surface area (Å²) in [5.41, 5.74) is -0.00504. The average Bonchev–Trinajstić information content (AvgIpc) is 3.12. The van der Waals surface area contributed by atoms with Crippen molar-refractivity contribution in [1.82, 2.24) is 20.1 Å². The largest absolute Gasteiger partial charge is 0.443 e. The van der Waals surface area contributed by atoms with Crippen molar-refractivity contribution in [2.24, 2.45) is 0 Å². The summed E-state index contributed by atoms with van der Waals surface area (Å²) in [6.07, 6.45) is 0.535. The number of carbonyl (C=O) groups excluding carboxylic acids is 1. The predicted molar refractivity (Wildman–Crippen MR) is 92.5 cm³/mol. The molecule has 2 heterocycles. The topological polar surface area (TPSA) is 103 Å². The monoisotopic (exact) mass is 390 g/mol. The van der Waals surface area contributed by atoms with Crippen LogP contribution in [0.5, 0.6) is 0 Å². The Kier molecular flexibility index (Phi) is 5.17. The molecule has 2 aromatic heterocycles. The molecule has 10 heteroatoms. The van der Waals surface area contributed by atoms with Crippen molar-refractivity contribution in [3.8, 4) is 5.69 Å². The number of carbonyl (C=O) groups is 1. The van der Waals surface area contributed by atoms with Gasteiger partial charge in [-0.2, -0.15) is 9.49 Å². The number of aromatic nitrogens is 3. The lowest BCUT2D eigenvalue weighted by molar-refractivity contribution is 0.140. The molecule has 0 fully saturated rings. The lowest BCUT2D eigenvalue weighted by Crippen LogP contribution is -2.19. The molecule has 0 saturated carbocycles. The number of alkyl carbamates (subject to hydrolysis) is 1. The fourth-order valence-corrected chi connectivity index (χ4v) is 3.73. The minimum atomic E-state index is -4.01. The van der Waals surface area contributed by atoms with Gasteiger partial charge < -0.3 is 10.1 Å². The summed E-state index contributed by atoms with van der Waals surface area (Å²) in [4.78, 5) is 14.8. The highest BCUT2D eigenvalue weighted by Gasteiger charge is 2.26. The summed E-state index contributed by atoms with van der Waals surface area (Å²) in [5, 5.41) is 6.09. The van der Waals surface area contributed by atoms with Gasteiger partial charge in [-0.3, -0.25) is 0 Å². The zero-order valence-electron chi connectivity index (χ0n) is 14.2. The first kappa shape index (κ1) is 18.5. The van der Waals surface area contributed by atoms with E-state index in [1.54, 1.807) is 18.2 Å². The maximum absolute atomic E-state index is 14.2. The Morgan fingerprint density at radius 1 is 1.22 bits per heavy atom. The van der Waals surface area contributed by atoms with Crippen molar-refractivity contribution in [3.63, 3.8) is 0 Å². The highest BCUT2D eigenvalue weighted by atomic mass is 32.2. The molecule has 0 radical (unpaired) electrons.